The highest BCUT2D eigenvalue weighted by atomic mass is 16.5. The van der Waals surface area contributed by atoms with Crippen LogP contribution in [0, 0.1) is 5.41 Å². The fourth-order valence-corrected chi connectivity index (χ4v) is 2.76. The van der Waals surface area contributed by atoms with Crippen LogP contribution in [-0.4, -0.2) is 37.3 Å². The van der Waals surface area contributed by atoms with Gasteiger partial charge >= 0.3 is 5.97 Å². The van der Waals surface area contributed by atoms with Crippen molar-refractivity contribution >= 4 is 11.9 Å². The maximum atomic E-state index is 11.8. The van der Waals surface area contributed by atoms with Crippen molar-refractivity contribution in [1.29, 1.82) is 0 Å². The van der Waals surface area contributed by atoms with E-state index in [9.17, 15) is 9.59 Å². The smallest absolute Gasteiger partial charge is 0.311 e. The molecule has 5 heteroatoms. The van der Waals surface area contributed by atoms with E-state index in [1.165, 1.54) is 0 Å². The molecule has 0 atom stereocenters. The number of allylic oxidation sites excluding steroid dienone is 1. The molecule has 26 heavy (non-hydrogen) atoms. The molecule has 0 saturated carbocycles. The van der Waals surface area contributed by atoms with Gasteiger partial charge < -0.3 is 14.2 Å². The van der Waals surface area contributed by atoms with Crippen LogP contribution in [0.1, 0.15) is 86.5 Å². The molecule has 0 aliphatic rings. The summed E-state index contributed by atoms with van der Waals surface area (Å²) in [6.45, 7) is 13.4. The van der Waals surface area contributed by atoms with Gasteiger partial charge in [0.25, 0.3) is 0 Å². The molecule has 0 aliphatic carbocycles. The van der Waals surface area contributed by atoms with E-state index in [0.29, 0.717) is 32.0 Å². The largest absolute Gasteiger partial charge is 0.487 e. The van der Waals surface area contributed by atoms with Crippen LogP contribution in [0.5, 0.6) is 0 Å². The van der Waals surface area contributed by atoms with Crippen LogP contribution in [-0.2, 0) is 23.8 Å². The second-order valence-corrected chi connectivity index (χ2v) is 7.83. The van der Waals surface area contributed by atoms with Crippen molar-refractivity contribution in [2.45, 2.75) is 92.1 Å². The third-order valence-electron chi connectivity index (χ3n) is 4.38. The molecule has 0 aromatic carbocycles. The highest BCUT2D eigenvalue weighted by Gasteiger charge is 2.28. The van der Waals surface area contributed by atoms with E-state index < -0.39 is 5.41 Å². The van der Waals surface area contributed by atoms with Crippen molar-refractivity contribution in [3.05, 3.63) is 5.76 Å². The van der Waals surface area contributed by atoms with Crippen LogP contribution in [0.3, 0.4) is 0 Å². The van der Waals surface area contributed by atoms with E-state index in [1.54, 1.807) is 0 Å². The number of ether oxygens (including phenoxy) is 3. The van der Waals surface area contributed by atoms with Gasteiger partial charge in [-0.05, 0) is 67.2 Å². The van der Waals surface area contributed by atoms with Crippen LogP contribution in [0.25, 0.3) is 0 Å². The van der Waals surface area contributed by atoms with Gasteiger partial charge in [-0.3, -0.25) is 4.79 Å². The van der Waals surface area contributed by atoms with E-state index >= 15 is 0 Å². The highest BCUT2D eigenvalue weighted by molar-refractivity contribution is 5.75. The zero-order chi connectivity index (χ0) is 20.1. The Morgan fingerprint density at radius 1 is 0.885 bits per heavy atom. The fraction of sp³-hybridized carbons (Fsp3) is 0.857. The monoisotopic (exact) mass is 370 g/mol. The molecule has 0 radical (unpaired) electrons. The molecule has 0 fully saturated rings. The average Bonchev–Trinajstić information content (AvgIpc) is 2.56. The Hall–Kier alpha value is -1.32. The van der Waals surface area contributed by atoms with Gasteiger partial charge in [-0.2, -0.15) is 0 Å². The number of hydrogen-bond acceptors (Lipinski definition) is 5. The molecule has 0 aromatic rings. The number of unbranched alkanes of at least 4 members (excludes halogenated alkanes) is 2. The lowest BCUT2D eigenvalue weighted by molar-refractivity contribution is -0.153. The van der Waals surface area contributed by atoms with Crippen molar-refractivity contribution in [2.75, 3.05) is 19.8 Å². The van der Waals surface area contributed by atoms with Gasteiger partial charge in [0.2, 0.25) is 0 Å². The normalized spacial score (nSPS) is 11.8. The van der Waals surface area contributed by atoms with E-state index in [-0.39, 0.29) is 11.6 Å². The summed E-state index contributed by atoms with van der Waals surface area (Å²) in [4.78, 5) is 22.8. The first-order valence-corrected chi connectivity index (χ1v) is 9.86. The second-order valence-electron chi connectivity index (χ2n) is 7.83. The van der Waals surface area contributed by atoms with Crippen molar-refractivity contribution in [2.24, 2.45) is 5.41 Å². The third-order valence-corrected chi connectivity index (χ3v) is 4.38. The third kappa shape index (κ3) is 11.3. The molecule has 152 valence electrons. The van der Waals surface area contributed by atoms with Gasteiger partial charge in [-0.15, -0.1) is 0 Å². The van der Waals surface area contributed by atoms with Crippen molar-refractivity contribution in [3.8, 4) is 0 Å². The standard InChI is InChI=1S/C21H38O5/c1-7-24-19(23)20(3,4)14-10-9-11-16-25-18(17-22)13-12-15-21(5,6)26-8-2/h7-16H2,1-6H3. The molecule has 0 rings (SSSR count). The summed E-state index contributed by atoms with van der Waals surface area (Å²) in [6.07, 6.45) is 5.83. The van der Waals surface area contributed by atoms with E-state index in [4.69, 9.17) is 14.2 Å². The topological polar surface area (TPSA) is 61.8 Å². The van der Waals surface area contributed by atoms with Gasteiger partial charge in [-0.1, -0.05) is 12.8 Å². The minimum atomic E-state index is -0.446. The molecule has 0 saturated heterocycles. The summed E-state index contributed by atoms with van der Waals surface area (Å²) in [7, 11) is 0. The predicted molar refractivity (Wildman–Crippen MR) is 104 cm³/mol. The van der Waals surface area contributed by atoms with E-state index in [2.05, 4.69) is 13.8 Å². The first-order valence-electron chi connectivity index (χ1n) is 9.86. The summed E-state index contributed by atoms with van der Waals surface area (Å²) >= 11 is 0. The summed E-state index contributed by atoms with van der Waals surface area (Å²) in [5.41, 5.74) is -0.618. The molecular weight excluding hydrogens is 332 g/mol. The first-order chi connectivity index (χ1) is 12.2. The molecule has 0 amide bonds. The summed E-state index contributed by atoms with van der Waals surface area (Å²) in [5, 5.41) is 0. The molecule has 5 nitrogen and oxygen atoms in total. The average molecular weight is 371 g/mol. The predicted octanol–water partition coefficient (Wildman–Crippen LogP) is 4.85. The Balaban J connectivity index is 3.91. The second kappa shape index (κ2) is 12.9. The molecule has 0 spiro atoms. The van der Waals surface area contributed by atoms with Crippen LogP contribution >= 0.6 is 0 Å². The minimum absolute atomic E-state index is 0.141. The lowest BCUT2D eigenvalue weighted by Gasteiger charge is -2.24. The Kier molecular flexibility index (Phi) is 12.3. The minimum Gasteiger partial charge on any atom is -0.487 e. The molecular formula is C21H38O5. The Morgan fingerprint density at radius 2 is 1.58 bits per heavy atom. The summed E-state index contributed by atoms with van der Waals surface area (Å²) < 4.78 is 16.3. The van der Waals surface area contributed by atoms with Crippen LogP contribution in [0.2, 0.25) is 0 Å². The van der Waals surface area contributed by atoms with Gasteiger partial charge in [0, 0.05) is 13.0 Å². The van der Waals surface area contributed by atoms with E-state index in [0.717, 1.165) is 38.5 Å². The Morgan fingerprint density at radius 3 is 2.15 bits per heavy atom. The van der Waals surface area contributed by atoms with Crippen molar-refractivity contribution in [1.82, 2.24) is 0 Å². The number of carbonyl (C=O) groups is 1. The fourth-order valence-electron chi connectivity index (χ4n) is 2.76. The Labute approximate surface area is 159 Å². The lowest BCUT2D eigenvalue weighted by atomic mass is 9.87. The van der Waals surface area contributed by atoms with Gasteiger partial charge in [0.15, 0.2) is 11.7 Å². The van der Waals surface area contributed by atoms with Gasteiger partial charge in [0.1, 0.15) is 0 Å². The molecule has 0 N–H and O–H groups in total. The van der Waals surface area contributed by atoms with Crippen LogP contribution < -0.4 is 0 Å². The summed E-state index contributed by atoms with van der Waals surface area (Å²) in [6, 6.07) is 0. The number of hydrogen-bond donors (Lipinski definition) is 0. The van der Waals surface area contributed by atoms with Crippen molar-refractivity contribution < 1.29 is 23.8 Å². The van der Waals surface area contributed by atoms with Gasteiger partial charge in [0.05, 0.1) is 24.2 Å². The van der Waals surface area contributed by atoms with Gasteiger partial charge in [-0.25, -0.2) is 4.79 Å². The van der Waals surface area contributed by atoms with E-state index in [1.807, 2.05) is 33.6 Å². The number of esters is 1. The quantitative estimate of drug-likeness (QED) is 0.178. The Bertz CT molecular complexity index is 447. The highest BCUT2D eigenvalue weighted by Crippen LogP contribution is 2.25. The molecule has 0 unspecified atom stereocenters. The number of carbonyl (C=O) groups excluding carboxylic acids is 2. The maximum absolute atomic E-state index is 11.8. The summed E-state index contributed by atoms with van der Waals surface area (Å²) in [5.74, 6) is 2.16. The van der Waals surface area contributed by atoms with Crippen LogP contribution in [0.15, 0.2) is 5.76 Å². The maximum Gasteiger partial charge on any atom is 0.311 e. The first kappa shape index (κ1) is 24.7. The number of rotatable bonds is 15. The molecule has 0 aromatic heterocycles. The molecule has 0 bridgehead atoms. The lowest BCUT2D eigenvalue weighted by Crippen LogP contribution is -2.26. The SMILES string of the molecule is CCOC(=O)C(C)(C)CCCCCOC(=C=O)CCCC(C)(C)OCC. The van der Waals surface area contributed by atoms with Crippen molar-refractivity contribution in [3.63, 3.8) is 0 Å². The zero-order valence-electron chi connectivity index (χ0n) is 17.6. The molecule has 0 aliphatic heterocycles. The zero-order valence-corrected chi connectivity index (χ0v) is 17.6. The molecule has 0 heterocycles. The van der Waals surface area contributed by atoms with Crippen LogP contribution in [0.4, 0.5) is 0 Å².